The molecule has 0 saturated carbocycles. The highest BCUT2D eigenvalue weighted by Crippen LogP contribution is 2.27. The van der Waals surface area contributed by atoms with Crippen LogP contribution in [0, 0.1) is 0 Å². The summed E-state index contributed by atoms with van der Waals surface area (Å²) in [6.45, 7) is 3.04. The van der Waals surface area contributed by atoms with Crippen LogP contribution in [0.4, 0.5) is 0 Å². The van der Waals surface area contributed by atoms with Gasteiger partial charge < -0.3 is 5.32 Å². The first kappa shape index (κ1) is 13.2. The number of nitrogens with zero attached hydrogens (tertiary/aromatic N) is 4. The van der Waals surface area contributed by atoms with E-state index in [1.54, 1.807) is 12.4 Å². The number of aromatic nitrogens is 4. The predicted octanol–water partition coefficient (Wildman–Crippen LogP) is 2.15. The fourth-order valence-corrected chi connectivity index (χ4v) is 2.51. The van der Waals surface area contributed by atoms with Crippen LogP contribution in [0.25, 0.3) is 0 Å². The second-order valence-corrected chi connectivity index (χ2v) is 4.85. The Bertz CT molecular complexity index is 496. The molecule has 96 valence electrons. The molecule has 0 aliphatic heterocycles. The van der Waals surface area contributed by atoms with Crippen molar-refractivity contribution in [3.8, 4) is 0 Å². The van der Waals surface area contributed by atoms with Gasteiger partial charge in [0.2, 0.25) is 0 Å². The predicted molar refractivity (Wildman–Crippen MR) is 73.2 cm³/mol. The Balaban J connectivity index is 2.41. The average molecular weight is 310 g/mol. The molecule has 1 atom stereocenters. The maximum absolute atomic E-state index is 4.39. The molecule has 5 nitrogen and oxygen atoms in total. The van der Waals surface area contributed by atoms with Crippen LogP contribution < -0.4 is 5.32 Å². The second-order valence-electron chi connectivity index (χ2n) is 4.00. The van der Waals surface area contributed by atoms with Crippen molar-refractivity contribution >= 4 is 15.9 Å². The molecule has 0 fully saturated rings. The highest BCUT2D eigenvalue weighted by atomic mass is 79.9. The van der Waals surface area contributed by atoms with Crippen molar-refractivity contribution in [1.29, 1.82) is 0 Å². The van der Waals surface area contributed by atoms with E-state index in [0.29, 0.717) is 0 Å². The molecule has 2 heterocycles. The molecular weight excluding hydrogens is 294 g/mol. The molecule has 2 aromatic heterocycles. The van der Waals surface area contributed by atoms with Crippen molar-refractivity contribution in [2.24, 2.45) is 0 Å². The van der Waals surface area contributed by atoms with Gasteiger partial charge in [-0.2, -0.15) is 15.3 Å². The number of hydrogen-bond donors (Lipinski definition) is 1. The standard InChI is InChI=1S/C12H16BrN5/c1-3-6-18-12(10(13)8-17-18)11(14-2)9-4-5-15-16-7-9/h4-5,7-8,11,14H,3,6H2,1-2H3. The van der Waals surface area contributed by atoms with E-state index in [9.17, 15) is 0 Å². The molecule has 6 heteroatoms. The zero-order chi connectivity index (χ0) is 13.0. The van der Waals surface area contributed by atoms with Gasteiger partial charge in [0.15, 0.2) is 0 Å². The topological polar surface area (TPSA) is 55.6 Å². The Morgan fingerprint density at radius 3 is 2.83 bits per heavy atom. The highest BCUT2D eigenvalue weighted by molar-refractivity contribution is 9.10. The molecule has 0 radical (unpaired) electrons. The maximum atomic E-state index is 4.39. The Labute approximate surface area is 115 Å². The summed E-state index contributed by atoms with van der Waals surface area (Å²) in [5.41, 5.74) is 2.19. The van der Waals surface area contributed by atoms with Crippen LogP contribution >= 0.6 is 15.9 Å². The summed E-state index contributed by atoms with van der Waals surface area (Å²) in [6.07, 6.45) is 6.36. The van der Waals surface area contributed by atoms with E-state index in [4.69, 9.17) is 0 Å². The first-order chi connectivity index (χ1) is 8.77. The molecule has 0 spiro atoms. The van der Waals surface area contributed by atoms with Crippen molar-refractivity contribution in [3.63, 3.8) is 0 Å². The number of nitrogens with one attached hydrogen (secondary N) is 1. The fraction of sp³-hybridized carbons (Fsp3) is 0.417. The quantitative estimate of drug-likeness (QED) is 0.919. The largest absolute Gasteiger partial charge is 0.308 e. The number of aryl methyl sites for hydroxylation is 1. The smallest absolute Gasteiger partial charge is 0.0773 e. The Kier molecular flexibility index (Phi) is 4.43. The Hall–Kier alpha value is -1.27. The SMILES string of the molecule is CCCn1ncc(Br)c1C(NC)c1ccnnc1. The molecule has 0 aliphatic carbocycles. The lowest BCUT2D eigenvalue weighted by Crippen LogP contribution is -2.22. The van der Waals surface area contributed by atoms with Gasteiger partial charge in [-0.05, 0) is 41.0 Å². The van der Waals surface area contributed by atoms with Crippen LogP contribution in [-0.4, -0.2) is 27.0 Å². The van der Waals surface area contributed by atoms with E-state index in [-0.39, 0.29) is 6.04 Å². The van der Waals surface area contributed by atoms with E-state index in [0.717, 1.165) is 28.7 Å². The molecule has 18 heavy (non-hydrogen) atoms. The third-order valence-corrected chi connectivity index (χ3v) is 3.38. The Morgan fingerprint density at radius 2 is 2.22 bits per heavy atom. The van der Waals surface area contributed by atoms with Crippen molar-refractivity contribution in [2.75, 3.05) is 7.05 Å². The van der Waals surface area contributed by atoms with Crippen molar-refractivity contribution in [2.45, 2.75) is 25.9 Å². The van der Waals surface area contributed by atoms with Gasteiger partial charge in [-0.15, -0.1) is 0 Å². The summed E-state index contributed by atoms with van der Waals surface area (Å²) in [5.74, 6) is 0. The summed E-state index contributed by atoms with van der Waals surface area (Å²) >= 11 is 3.57. The molecule has 0 aromatic carbocycles. The van der Waals surface area contributed by atoms with Crippen molar-refractivity contribution in [1.82, 2.24) is 25.3 Å². The molecular formula is C12H16BrN5. The minimum Gasteiger partial charge on any atom is -0.308 e. The summed E-state index contributed by atoms with van der Waals surface area (Å²) < 4.78 is 3.03. The van der Waals surface area contributed by atoms with Gasteiger partial charge in [0.05, 0.1) is 28.6 Å². The van der Waals surface area contributed by atoms with Crippen LogP contribution in [0.3, 0.4) is 0 Å². The van der Waals surface area contributed by atoms with Crippen molar-refractivity contribution in [3.05, 3.63) is 40.4 Å². The van der Waals surface area contributed by atoms with Crippen molar-refractivity contribution < 1.29 is 0 Å². The van der Waals surface area contributed by atoms with Gasteiger partial charge in [0.1, 0.15) is 0 Å². The number of halogens is 1. The average Bonchev–Trinajstić information content (AvgIpc) is 2.75. The second kappa shape index (κ2) is 6.06. The van der Waals surface area contributed by atoms with E-state index in [1.807, 2.05) is 24.0 Å². The molecule has 0 amide bonds. The molecule has 2 rings (SSSR count). The lowest BCUT2D eigenvalue weighted by molar-refractivity contribution is 0.532. The molecule has 1 N–H and O–H groups in total. The maximum Gasteiger partial charge on any atom is 0.0773 e. The normalized spacial score (nSPS) is 12.6. The third kappa shape index (κ3) is 2.59. The van der Waals surface area contributed by atoms with Crippen LogP contribution in [0.2, 0.25) is 0 Å². The van der Waals surface area contributed by atoms with Gasteiger partial charge in [-0.1, -0.05) is 6.92 Å². The van der Waals surface area contributed by atoms with Crippen LogP contribution in [0.15, 0.2) is 29.1 Å². The van der Waals surface area contributed by atoms with Gasteiger partial charge in [0, 0.05) is 12.7 Å². The molecule has 1 unspecified atom stereocenters. The van der Waals surface area contributed by atoms with Gasteiger partial charge in [-0.3, -0.25) is 4.68 Å². The lowest BCUT2D eigenvalue weighted by Gasteiger charge is -2.18. The van der Waals surface area contributed by atoms with Crippen LogP contribution in [-0.2, 0) is 6.54 Å². The lowest BCUT2D eigenvalue weighted by atomic mass is 10.1. The van der Waals surface area contributed by atoms with Gasteiger partial charge in [0.25, 0.3) is 0 Å². The summed E-state index contributed by atoms with van der Waals surface area (Å²) in [5, 5.41) is 15.4. The first-order valence-corrected chi connectivity index (χ1v) is 6.72. The summed E-state index contributed by atoms with van der Waals surface area (Å²) in [7, 11) is 1.93. The molecule has 0 saturated heterocycles. The summed E-state index contributed by atoms with van der Waals surface area (Å²) in [6, 6.07) is 2.02. The minimum atomic E-state index is 0.0592. The molecule has 0 bridgehead atoms. The molecule has 0 aliphatic rings. The number of hydrogen-bond acceptors (Lipinski definition) is 4. The Morgan fingerprint density at radius 1 is 1.39 bits per heavy atom. The molecule has 2 aromatic rings. The van der Waals surface area contributed by atoms with Crippen LogP contribution in [0.5, 0.6) is 0 Å². The highest BCUT2D eigenvalue weighted by Gasteiger charge is 2.20. The first-order valence-electron chi connectivity index (χ1n) is 5.93. The van der Waals surface area contributed by atoms with Crippen LogP contribution in [0.1, 0.15) is 30.6 Å². The monoisotopic (exact) mass is 309 g/mol. The minimum absolute atomic E-state index is 0.0592. The van der Waals surface area contributed by atoms with E-state index < -0.39 is 0 Å². The van der Waals surface area contributed by atoms with E-state index in [1.165, 1.54) is 0 Å². The van der Waals surface area contributed by atoms with E-state index in [2.05, 4.69) is 43.5 Å². The zero-order valence-electron chi connectivity index (χ0n) is 10.5. The van der Waals surface area contributed by atoms with E-state index >= 15 is 0 Å². The summed E-state index contributed by atoms with van der Waals surface area (Å²) in [4.78, 5) is 0. The van der Waals surface area contributed by atoms with Gasteiger partial charge >= 0.3 is 0 Å². The fourth-order valence-electron chi connectivity index (χ4n) is 1.98. The number of rotatable bonds is 5. The third-order valence-electron chi connectivity index (χ3n) is 2.77. The van der Waals surface area contributed by atoms with Gasteiger partial charge in [-0.25, -0.2) is 0 Å². The zero-order valence-corrected chi connectivity index (χ0v) is 12.1.